The minimum absolute atomic E-state index is 0.526. The van der Waals surface area contributed by atoms with Crippen molar-refractivity contribution in [3.8, 4) is 0 Å². The summed E-state index contributed by atoms with van der Waals surface area (Å²) in [7, 11) is 2.09. The maximum absolute atomic E-state index is 8.29. The molecule has 1 heterocycles. The van der Waals surface area contributed by atoms with Gasteiger partial charge in [0.2, 0.25) is 0 Å². The van der Waals surface area contributed by atoms with E-state index in [0.29, 0.717) is 11.8 Å². The topological polar surface area (TPSA) is 36.3 Å². The molecule has 3 heteroatoms. The van der Waals surface area contributed by atoms with E-state index in [9.17, 15) is 0 Å². The van der Waals surface area contributed by atoms with Crippen LogP contribution < -0.4 is 0 Å². The molecule has 17 heavy (non-hydrogen) atoms. The number of amidine groups is 1. The van der Waals surface area contributed by atoms with Crippen molar-refractivity contribution in [3.63, 3.8) is 0 Å². The van der Waals surface area contributed by atoms with Gasteiger partial charge in [0.25, 0.3) is 0 Å². The summed E-state index contributed by atoms with van der Waals surface area (Å²) in [6, 6.07) is 0. The van der Waals surface area contributed by atoms with Crippen LogP contribution in [-0.4, -0.2) is 37.5 Å². The fourth-order valence-electron chi connectivity index (χ4n) is 3.12. The lowest BCUT2D eigenvalue weighted by atomic mass is 9.87. The van der Waals surface area contributed by atoms with Gasteiger partial charge in [0, 0.05) is 26.1 Å². The zero-order valence-corrected chi connectivity index (χ0v) is 11.1. The molecule has 1 N–H and O–H groups in total. The Bertz CT molecular complexity index is 243. The van der Waals surface area contributed by atoms with Crippen molar-refractivity contribution in [2.24, 2.45) is 11.8 Å². The average Bonchev–Trinajstić information content (AvgIpc) is 2.40. The molecule has 0 aromatic rings. The quantitative estimate of drug-likeness (QED) is 0.606. The van der Waals surface area contributed by atoms with Crippen molar-refractivity contribution in [2.75, 3.05) is 26.8 Å². The molecule has 0 aromatic carbocycles. The van der Waals surface area contributed by atoms with Crippen molar-refractivity contribution >= 4 is 5.84 Å². The lowest BCUT2D eigenvalue weighted by Crippen LogP contribution is -2.38. The van der Waals surface area contributed by atoms with E-state index < -0.39 is 0 Å². The van der Waals surface area contributed by atoms with Gasteiger partial charge >= 0.3 is 0 Å². The van der Waals surface area contributed by atoms with E-state index in [-0.39, 0.29) is 0 Å². The second-order valence-corrected chi connectivity index (χ2v) is 5.68. The van der Waals surface area contributed by atoms with Gasteiger partial charge in [-0.25, -0.2) is 0 Å². The Labute approximate surface area is 105 Å². The summed E-state index contributed by atoms with van der Waals surface area (Å²) >= 11 is 0. The molecular formula is C14H26N2O. The van der Waals surface area contributed by atoms with Crippen molar-refractivity contribution in [1.82, 2.24) is 4.90 Å². The van der Waals surface area contributed by atoms with Crippen LogP contribution in [-0.2, 0) is 4.74 Å². The predicted molar refractivity (Wildman–Crippen MR) is 70.5 cm³/mol. The highest BCUT2D eigenvalue weighted by atomic mass is 16.5. The predicted octanol–water partition coefficient (Wildman–Crippen LogP) is 2.90. The summed E-state index contributed by atoms with van der Waals surface area (Å²) in [5.74, 6) is 2.03. The molecular weight excluding hydrogens is 212 g/mol. The lowest BCUT2D eigenvalue weighted by Gasteiger charge is -2.32. The first-order valence-electron chi connectivity index (χ1n) is 7.14. The zero-order valence-electron chi connectivity index (χ0n) is 11.1. The Morgan fingerprint density at radius 3 is 2.59 bits per heavy atom. The third-order valence-corrected chi connectivity index (χ3v) is 4.19. The molecule has 0 bridgehead atoms. The number of hydrogen-bond donors (Lipinski definition) is 1. The van der Waals surface area contributed by atoms with Crippen molar-refractivity contribution in [1.29, 1.82) is 5.41 Å². The average molecular weight is 238 g/mol. The Kier molecular flexibility index (Phi) is 4.84. The second kappa shape index (κ2) is 6.39. The number of nitrogens with one attached hydrogen (secondary N) is 1. The maximum Gasteiger partial charge on any atom is 0.0986 e. The molecule has 2 aliphatic rings. The summed E-state index contributed by atoms with van der Waals surface area (Å²) in [6.45, 7) is 2.83. The van der Waals surface area contributed by atoms with Crippen LogP contribution in [0.3, 0.4) is 0 Å². The van der Waals surface area contributed by atoms with Gasteiger partial charge in [-0.3, -0.25) is 5.41 Å². The van der Waals surface area contributed by atoms with Gasteiger partial charge in [0.05, 0.1) is 12.4 Å². The van der Waals surface area contributed by atoms with E-state index in [1.54, 1.807) is 0 Å². The smallest absolute Gasteiger partial charge is 0.0986 e. The van der Waals surface area contributed by atoms with E-state index in [1.165, 1.54) is 44.9 Å². The van der Waals surface area contributed by atoms with Crippen molar-refractivity contribution < 1.29 is 4.74 Å². The largest absolute Gasteiger partial charge is 0.381 e. The molecule has 3 nitrogen and oxygen atoms in total. The van der Waals surface area contributed by atoms with Crippen LogP contribution in [0, 0.1) is 17.2 Å². The van der Waals surface area contributed by atoms with E-state index in [4.69, 9.17) is 10.1 Å². The molecule has 0 aromatic heterocycles. The van der Waals surface area contributed by atoms with Crippen LogP contribution in [0.25, 0.3) is 0 Å². The molecule has 2 fully saturated rings. The van der Waals surface area contributed by atoms with Crippen LogP contribution in [0.5, 0.6) is 0 Å². The normalized spacial score (nSPS) is 26.8. The van der Waals surface area contributed by atoms with Crippen LogP contribution in [0.4, 0.5) is 0 Å². The van der Waals surface area contributed by atoms with E-state index in [1.807, 2.05) is 0 Å². The van der Waals surface area contributed by atoms with Crippen LogP contribution in [0.2, 0.25) is 0 Å². The third-order valence-electron chi connectivity index (χ3n) is 4.19. The van der Waals surface area contributed by atoms with Crippen molar-refractivity contribution in [3.05, 3.63) is 0 Å². The summed E-state index contributed by atoms with van der Waals surface area (Å²) in [6.07, 6.45) is 8.90. The molecule has 1 saturated carbocycles. The summed E-state index contributed by atoms with van der Waals surface area (Å²) in [4.78, 5) is 2.18. The van der Waals surface area contributed by atoms with E-state index >= 15 is 0 Å². The maximum atomic E-state index is 8.29. The first kappa shape index (κ1) is 12.9. The highest BCUT2D eigenvalue weighted by Crippen LogP contribution is 2.26. The van der Waals surface area contributed by atoms with Crippen molar-refractivity contribution in [2.45, 2.75) is 44.9 Å². The fourth-order valence-corrected chi connectivity index (χ4v) is 3.12. The minimum atomic E-state index is 0.526. The van der Waals surface area contributed by atoms with Gasteiger partial charge in [-0.1, -0.05) is 19.3 Å². The molecule has 1 saturated heterocycles. The zero-order chi connectivity index (χ0) is 12.1. The monoisotopic (exact) mass is 238 g/mol. The first-order chi connectivity index (χ1) is 8.27. The lowest BCUT2D eigenvalue weighted by molar-refractivity contribution is 0.0479. The highest BCUT2D eigenvalue weighted by Gasteiger charge is 2.23. The number of rotatable bonds is 3. The molecule has 1 aliphatic heterocycles. The Hall–Kier alpha value is -0.570. The van der Waals surface area contributed by atoms with E-state index in [2.05, 4.69) is 11.9 Å². The van der Waals surface area contributed by atoms with Gasteiger partial charge in [-0.05, 0) is 31.6 Å². The number of hydrogen-bond acceptors (Lipinski definition) is 2. The summed E-state index contributed by atoms with van der Waals surface area (Å²) < 4.78 is 5.51. The third kappa shape index (κ3) is 3.70. The SMILES string of the molecule is CN(CC1CCCOC1)C(=N)C1CCCCC1. The molecule has 1 aliphatic carbocycles. The summed E-state index contributed by atoms with van der Waals surface area (Å²) in [5, 5.41) is 8.29. The second-order valence-electron chi connectivity index (χ2n) is 5.68. The van der Waals surface area contributed by atoms with Gasteiger partial charge in [0.1, 0.15) is 0 Å². The van der Waals surface area contributed by atoms with Crippen LogP contribution in [0.15, 0.2) is 0 Å². The standard InChI is InChI=1S/C14H26N2O/c1-16(10-12-6-5-9-17-11-12)14(15)13-7-3-2-4-8-13/h12-13,15H,2-11H2,1H3. The molecule has 0 radical (unpaired) electrons. The van der Waals surface area contributed by atoms with Crippen LogP contribution in [0.1, 0.15) is 44.9 Å². The van der Waals surface area contributed by atoms with Gasteiger partial charge < -0.3 is 9.64 Å². The molecule has 0 spiro atoms. The van der Waals surface area contributed by atoms with E-state index in [0.717, 1.165) is 25.6 Å². The molecule has 98 valence electrons. The van der Waals surface area contributed by atoms with Gasteiger partial charge in [-0.2, -0.15) is 0 Å². The van der Waals surface area contributed by atoms with Gasteiger partial charge in [0.15, 0.2) is 0 Å². The minimum Gasteiger partial charge on any atom is -0.381 e. The molecule has 1 atom stereocenters. The van der Waals surface area contributed by atoms with Gasteiger partial charge in [-0.15, -0.1) is 0 Å². The Morgan fingerprint density at radius 2 is 1.94 bits per heavy atom. The highest BCUT2D eigenvalue weighted by molar-refractivity contribution is 5.81. The Morgan fingerprint density at radius 1 is 1.18 bits per heavy atom. The molecule has 2 rings (SSSR count). The van der Waals surface area contributed by atoms with Crippen LogP contribution >= 0.6 is 0 Å². The Balaban J connectivity index is 1.77. The molecule has 0 amide bonds. The summed E-state index contributed by atoms with van der Waals surface area (Å²) in [5.41, 5.74) is 0. The fraction of sp³-hybridized carbons (Fsp3) is 0.929. The number of nitrogens with zero attached hydrogens (tertiary/aromatic N) is 1. The number of ether oxygens (including phenoxy) is 1. The first-order valence-corrected chi connectivity index (χ1v) is 7.14. The molecule has 1 unspecified atom stereocenters.